The van der Waals surface area contributed by atoms with Gasteiger partial charge in [-0.1, -0.05) is 25.0 Å². The van der Waals surface area contributed by atoms with E-state index in [1.165, 1.54) is 12.8 Å². The third-order valence-electron chi connectivity index (χ3n) is 4.98. The highest BCUT2D eigenvalue weighted by Gasteiger charge is 2.24. The number of nitrogens with one attached hydrogen (secondary N) is 1. The molecule has 28 heavy (non-hydrogen) atoms. The minimum Gasteiger partial charge on any atom is -0.497 e. The van der Waals surface area contributed by atoms with Gasteiger partial charge in [-0.15, -0.1) is 12.4 Å². The summed E-state index contributed by atoms with van der Waals surface area (Å²) in [5, 5.41) is 0. The summed E-state index contributed by atoms with van der Waals surface area (Å²) >= 11 is 0. The molecule has 2 aromatic heterocycles. The number of benzene rings is 1. The minimum atomic E-state index is -0.298. The third kappa shape index (κ3) is 4.05. The van der Waals surface area contributed by atoms with Crippen LogP contribution in [-0.2, 0) is 4.74 Å². The largest absolute Gasteiger partial charge is 0.497 e. The molecule has 1 N–H and O–H groups in total. The summed E-state index contributed by atoms with van der Waals surface area (Å²) < 4.78 is 13.8. The molecule has 0 aliphatic heterocycles. The van der Waals surface area contributed by atoms with E-state index in [0.717, 1.165) is 35.3 Å². The number of halogens is 1. The molecule has 8 heteroatoms. The summed E-state index contributed by atoms with van der Waals surface area (Å²) in [4.78, 5) is 16.7. The SMILES string of the molecule is CCN=c1ncn(C(OC2CCCC2)c2ccc(OC)cc2)c2nc[nH]c12.Cl. The van der Waals surface area contributed by atoms with E-state index < -0.39 is 0 Å². The highest BCUT2D eigenvalue weighted by atomic mass is 35.5. The number of aromatic amines is 1. The topological polar surface area (TPSA) is 77.3 Å². The quantitative estimate of drug-likeness (QED) is 0.681. The number of hydrogen-bond donors (Lipinski definition) is 1. The molecular weight excluding hydrogens is 378 g/mol. The molecule has 0 radical (unpaired) electrons. The van der Waals surface area contributed by atoms with Gasteiger partial charge in [0.2, 0.25) is 0 Å². The van der Waals surface area contributed by atoms with Gasteiger partial charge in [-0.25, -0.2) is 9.97 Å². The molecule has 1 aliphatic carbocycles. The van der Waals surface area contributed by atoms with Crippen molar-refractivity contribution in [1.29, 1.82) is 0 Å². The van der Waals surface area contributed by atoms with Crippen LogP contribution in [0.3, 0.4) is 0 Å². The van der Waals surface area contributed by atoms with Gasteiger partial charge in [0, 0.05) is 12.1 Å². The smallest absolute Gasteiger partial charge is 0.176 e. The van der Waals surface area contributed by atoms with Gasteiger partial charge in [-0.05, 0) is 31.9 Å². The zero-order chi connectivity index (χ0) is 18.6. The number of nitrogens with zero attached hydrogens (tertiary/aromatic N) is 4. The van der Waals surface area contributed by atoms with Crippen LogP contribution in [0, 0.1) is 0 Å². The Kier molecular flexibility index (Phi) is 6.70. The van der Waals surface area contributed by atoms with Crippen LogP contribution in [0.25, 0.3) is 11.2 Å². The first-order valence-corrected chi connectivity index (χ1v) is 9.50. The maximum atomic E-state index is 6.53. The first-order valence-electron chi connectivity index (χ1n) is 9.50. The van der Waals surface area contributed by atoms with Crippen LogP contribution in [0.2, 0.25) is 0 Å². The predicted octanol–water partition coefficient (Wildman–Crippen LogP) is 3.62. The summed E-state index contributed by atoms with van der Waals surface area (Å²) in [6, 6.07) is 7.98. The molecule has 1 atom stereocenters. The number of aromatic nitrogens is 4. The lowest BCUT2D eigenvalue weighted by atomic mass is 10.1. The number of fused-ring (bicyclic) bond motifs is 1. The predicted molar refractivity (Wildman–Crippen MR) is 110 cm³/mol. The van der Waals surface area contributed by atoms with E-state index in [9.17, 15) is 0 Å². The summed E-state index contributed by atoms with van der Waals surface area (Å²) in [6.07, 6.45) is 8.02. The van der Waals surface area contributed by atoms with E-state index in [0.29, 0.717) is 12.0 Å². The fraction of sp³-hybridized carbons (Fsp3) is 0.450. The second-order valence-electron chi connectivity index (χ2n) is 6.72. The van der Waals surface area contributed by atoms with Gasteiger partial charge in [0.15, 0.2) is 17.4 Å². The number of H-pyrrole nitrogens is 1. The van der Waals surface area contributed by atoms with Crippen LogP contribution >= 0.6 is 12.4 Å². The molecule has 0 bridgehead atoms. The van der Waals surface area contributed by atoms with Crippen LogP contribution in [-0.4, -0.2) is 39.3 Å². The summed E-state index contributed by atoms with van der Waals surface area (Å²) in [5.41, 5.74) is 3.33. The molecular formula is C20H26ClN5O2. The second-order valence-corrected chi connectivity index (χ2v) is 6.72. The molecule has 150 valence electrons. The Balaban J connectivity index is 0.00000225. The standard InChI is InChI=1S/C20H25N5O2.ClH/c1-3-21-18-17-19(23-12-22-17)25(13-24-18)20(27-16-6-4-5-7-16)14-8-10-15(26-2)11-9-14;/h8-13,16,20H,3-7H2,1-2H3,(H,22,23);1H. The van der Waals surface area contributed by atoms with Gasteiger partial charge in [0.1, 0.15) is 17.6 Å². The lowest BCUT2D eigenvalue weighted by Crippen LogP contribution is -2.24. The first kappa shape index (κ1) is 20.4. The first-order chi connectivity index (χ1) is 13.3. The highest BCUT2D eigenvalue weighted by Crippen LogP contribution is 2.30. The minimum absolute atomic E-state index is 0. The fourth-order valence-corrected chi connectivity index (χ4v) is 3.60. The Morgan fingerprint density at radius 2 is 1.96 bits per heavy atom. The molecule has 0 saturated heterocycles. The maximum absolute atomic E-state index is 6.53. The molecule has 1 saturated carbocycles. The van der Waals surface area contributed by atoms with E-state index in [-0.39, 0.29) is 24.7 Å². The Morgan fingerprint density at radius 1 is 1.21 bits per heavy atom. The number of hydrogen-bond acceptors (Lipinski definition) is 5. The Labute approximate surface area is 170 Å². The molecule has 4 rings (SSSR count). The van der Waals surface area contributed by atoms with Crippen molar-refractivity contribution in [2.45, 2.75) is 44.9 Å². The molecule has 0 spiro atoms. The van der Waals surface area contributed by atoms with Gasteiger partial charge < -0.3 is 14.5 Å². The molecule has 1 fully saturated rings. The van der Waals surface area contributed by atoms with Crippen molar-refractivity contribution < 1.29 is 9.47 Å². The van der Waals surface area contributed by atoms with E-state index in [1.807, 2.05) is 35.8 Å². The van der Waals surface area contributed by atoms with Crippen molar-refractivity contribution in [2.24, 2.45) is 4.99 Å². The lowest BCUT2D eigenvalue weighted by molar-refractivity contribution is -0.0245. The van der Waals surface area contributed by atoms with Crippen molar-refractivity contribution >= 4 is 23.6 Å². The third-order valence-corrected chi connectivity index (χ3v) is 4.98. The number of rotatable bonds is 6. The van der Waals surface area contributed by atoms with Gasteiger partial charge in [0.05, 0.1) is 19.5 Å². The van der Waals surface area contributed by atoms with Gasteiger partial charge in [-0.2, -0.15) is 0 Å². The average Bonchev–Trinajstić information content (AvgIpc) is 3.39. The molecule has 1 unspecified atom stereocenters. The van der Waals surface area contributed by atoms with Crippen molar-refractivity contribution in [1.82, 2.24) is 19.5 Å². The van der Waals surface area contributed by atoms with Crippen LogP contribution in [0.5, 0.6) is 5.75 Å². The molecule has 0 amide bonds. The zero-order valence-electron chi connectivity index (χ0n) is 16.2. The van der Waals surface area contributed by atoms with Crippen LogP contribution < -0.4 is 10.2 Å². The van der Waals surface area contributed by atoms with Crippen molar-refractivity contribution in [3.8, 4) is 5.75 Å². The fourth-order valence-electron chi connectivity index (χ4n) is 3.60. The lowest BCUT2D eigenvalue weighted by Gasteiger charge is -2.25. The van der Waals surface area contributed by atoms with Gasteiger partial charge in [0.25, 0.3) is 0 Å². The van der Waals surface area contributed by atoms with Crippen LogP contribution in [0.1, 0.15) is 44.4 Å². The molecule has 2 heterocycles. The van der Waals surface area contributed by atoms with Gasteiger partial charge >= 0.3 is 0 Å². The number of methoxy groups -OCH3 is 1. The molecule has 1 aliphatic rings. The van der Waals surface area contributed by atoms with Crippen LogP contribution in [0.4, 0.5) is 0 Å². The Morgan fingerprint density at radius 3 is 2.64 bits per heavy atom. The number of ether oxygens (including phenoxy) is 2. The average molecular weight is 404 g/mol. The monoisotopic (exact) mass is 403 g/mol. The summed E-state index contributed by atoms with van der Waals surface area (Å²) in [7, 11) is 1.67. The maximum Gasteiger partial charge on any atom is 0.176 e. The number of imidazole rings is 1. The Hall–Kier alpha value is -2.38. The molecule has 3 aromatic rings. The van der Waals surface area contributed by atoms with Gasteiger partial charge in [-0.3, -0.25) is 9.56 Å². The van der Waals surface area contributed by atoms with E-state index >= 15 is 0 Å². The van der Waals surface area contributed by atoms with E-state index in [4.69, 9.17) is 9.47 Å². The highest BCUT2D eigenvalue weighted by molar-refractivity contribution is 5.85. The van der Waals surface area contributed by atoms with Crippen LogP contribution in [0.15, 0.2) is 41.9 Å². The molecule has 7 nitrogen and oxygen atoms in total. The Bertz CT molecular complexity index is 961. The zero-order valence-corrected chi connectivity index (χ0v) is 17.0. The van der Waals surface area contributed by atoms with Crippen molar-refractivity contribution in [2.75, 3.05) is 13.7 Å². The molecule has 1 aromatic carbocycles. The second kappa shape index (κ2) is 9.21. The van der Waals surface area contributed by atoms with Crippen molar-refractivity contribution in [3.63, 3.8) is 0 Å². The normalized spacial score (nSPS) is 16.3. The summed E-state index contributed by atoms with van der Waals surface area (Å²) in [5.74, 6) is 0.823. The van der Waals surface area contributed by atoms with Crippen molar-refractivity contribution in [3.05, 3.63) is 48.0 Å². The van der Waals surface area contributed by atoms with E-state index in [2.05, 4.69) is 19.9 Å². The van der Waals surface area contributed by atoms with E-state index in [1.54, 1.807) is 19.8 Å². The summed E-state index contributed by atoms with van der Waals surface area (Å²) in [6.45, 7) is 2.67.